The van der Waals surface area contributed by atoms with Gasteiger partial charge in [-0.2, -0.15) is 45.4 Å². The minimum atomic E-state index is -4.72. The van der Waals surface area contributed by atoms with Gasteiger partial charge in [0.2, 0.25) is 0 Å². The van der Waals surface area contributed by atoms with Crippen LogP contribution >= 0.6 is 27.0 Å². The van der Waals surface area contributed by atoms with Gasteiger partial charge in [0.1, 0.15) is 5.69 Å². The molecule has 1 aromatic carbocycles. The van der Waals surface area contributed by atoms with Gasteiger partial charge in [-0.3, -0.25) is 14.6 Å². The molecule has 2 aliphatic rings. The molecule has 7 nitrogen and oxygen atoms in total. The maximum atomic E-state index is 13.5. The minimum Gasteiger partial charge on any atom is -0.364 e. The lowest BCUT2D eigenvalue weighted by atomic mass is 9.89. The van der Waals surface area contributed by atoms with E-state index >= 15 is 0 Å². The summed E-state index contributed by atoms with van der Waals surface area (Å²) < 4.78 is 40.4. The van der Waals surface area contributed by atoms with E-state index in [1.165, 1.54) is 28.1 Å². The van der Waals surface area contributed by atoms with Crippen molar-refractivity contribution >= 4 is 50.3 Å². The molecule has 2 fully saturated rings. The molecule has 4 rings (SSSR count). The second-order valence-electron chi connectivity index (χ2n) is 7.55. The molecule has 1 saturated heterocycles. The number of rotatable bonds is 3. The average Bonchev–Trinajstić information content (AvgIpc) is 3.04. The number of aromatic nitrogens is 1. The molecular formula is C21H22F3N5O2S2. The molecule has 0 unspecified atom stereocenters. The lowest BCUT2D eigenvalue weighted by molar-refractivity contribution is -0.137. The van der Waals surface area contributed by atoms with Gasteiger partial charge in [-0.05, 0) is 43.2 Å². The zero-order valence-corrected chi connectivity index (χ0v) is 19.3. The van der Waals surface area contributed by atoms with Crippen molar-refractivity contribution in [3.05, 3.63) is 53.3 Å². The lowest BCUT2D eigenvalue weighted by Gasteiger charge is -2.31. The topological polar surface area (TPSA) is 103 Å². The van der Waals surface area contributed by atoms with E-state index in [0.29, 0.717) is 18.5 Å². The van der Waals surface area contributed by atoms with Crippen molar-refractivity contribution in [2.75, 3.05) is 9.80 Å². The Balaban J connectivity index is 0.00000193. The second-order valence-corrected chi connectivity index (χ2v) is 7.55. The van der Waals surface area contributed by atoms with E-state index < -0.39 is 29.2 Å². The summed E-state index contributed by atoms with van der Waals surface area (Å²) >= 11 is 0. The van der Waals surface area contributed by atoms with Crippen LogP contribution in [-0.4, -0.2) is 29.0 Å². The molecule has 2 heterocycles. The van der Waals surface area contributed by atoms with Crippen LogP contribution in [-0.2, 0) is 6.18 Å². The van der Waals surface area contributed by atoms with E-state index in [4.69, 9.17) is 11.0 Å². The van der Waals surface area contributed by atoms with E-state index in [2.05, 4.69) is 4.98 Å². The van der Waals surface area contributed by atoms with Gasteiger partial charge in [-0.1, -0.05) is 12.8 Å². The number of halogens is 3. The number of pyridine rings is 1. The number of carbonyl (C=O) groups excluding carboxylic acids is 2. The first-order valence-electron chi connectivity index (χ1n) is 9.72. The van der Waals surface area contributed by atoms with Crippen LogP contribution in [0.25, 0.3) is 0 Å². The predicted molar refractivity (Wildman–Crippen MR) is 126 cm³/mol. The molecule has 2 N–H and O–H groups in total. The van der Waals surface area contributed by atoms with Crippen LogP contribution in [0, 0.1) is 11.3 Å². The van der Waals surface area contributed by atoms with Crippen LogP contribution in [0.15, 0.2) is 36.5 Å². The number of urea groups is 1. The van der Waals surface area contributed by atoms with Crippen LogP contribution in [0.5, 0.6) is 0 Å². The maximum Gasteiger partial charge on any atom is 0.417 e. The molecule has 0 radical (unpaired) electrons. The molecule has 1 aliphatic heterocycles. The van der Waals surface area contributed by atoms with E-state index in [1.807, 2.05) is 0 Å². The van der Waals surface area contributed by atoms with E-state index in [-0.39, 0.29) is 50.5 Å². The van der Waals surface area contributed by atoms with Crippen molar-refractivity contribution in [1.82, 2.24) is 4.98 Å². The van der Waals surface area contributed by atoms with E-state index in [9.17, 15) is 22.8 Å². The Morgan fingerprint density at radius 3 is 2.12 bits per heavy atom. The fourth-order valence-electron chi connectivity index (χ4n) is 4.39. The molecule has 1 saturated carbocycles. The number of nitriles is 1. The molecule has 0 bridgehead atoms. The van der Waals surface area contributed by atoms with Crippen LogP contribution < -0.4 is 15.5 Å². The molecule has 2 atom stereocenters. The summed E-state index contributed by atoms with van der Waals surface area (Å²) in [6.07, 6.45) is -0.294. The zero-order valence-electron chi connectivity index (χ0n) is 17.3. The molecule has 3 amide bonds. The predicted octanol–water partition coefficient (Wildman–Crippen LogP) is 4.05. The summed E-state index contributed by atoms with van der Waals surface area (Å²) in [7, 11) is 0. The van der Waals surface area contributed by atoms with Crippen molar-refractivity contribution in [2.24, 2.45) is 5.73 Å². The highest BCUT2D eigenvalue weighted by molar-refractivity contribution is 7.59. The minimum absolute atomic E-state index is 0. The molecule has 1 aliphatic carbocycles. The second kappa shape index (κ2) is 9.93. The fourth-order valence-corrected chi connectivity index (χ4v) is 4.39. The molecule has 0 spiro atoms. The first-order chi connectivity index (χ1) is 14.7. The van der Waals surface area contributed by atoms with Crippen LogP contribution in [0.2, 0.25) is 0 Å². The summed E-state index contributed by atoms with van der Waals surface area (Å²) in [5, 5.41) is 9.05. The van der Waals surface area contributed by atoms with Crippen molar-refractivity contribution in [3.63, 3.8) is 0 Å². The first kappa shape index (κ1) is 26.3. The van der Waals surface area contributed by atoms with Gasteiger partial charge in [0.05, 0.1) is 41.2 Å². The summed E-state index contributed by atoms with van der Waals surface area (Å²) in [6.45, 7) is 0. The van der Waals surface area contributed by atoms with Crippen LogP contribution in [0.1, 0.15) is 47.3 Å². The van der Waals surface area contributed by atoms with Gasteiger partial charge in [-0.25, -0.2) is 9.78 Å². The number of nitrogens with zero attached hydrogens (tertiary/aromatic N) is 4. The van der Waals surface area contributed by atoms with E-state index in [0.717, 1.165) is 25.0 Å². The number of hydrogen-bond acceptors (Lipinski definition) is 4. The third kappa shape index (κ3) is 4.74. The number of anilines is 2. The number of benzene rings is 1. The Labute approximate surface area is 202 Å². The van der Waals surface area contributed by atoms with Gasteiger partial charge in [0, 0.05) is 5.69 Å². The van der Waals surface area contributed by atoms with Crippen LogP contribution in [0.3, 0.4) is 0 Å². The molecule has 12 heteroatoms. The normalized spacial score (nSPS) is 19.8. The summed E-state index contributed by atoms with van der Waals surface area (Å²) in [6, 6.07) is 6.82. The van der Waals surface area contributed by atoms with Crippen molar-refractivity contribution < 1.29 is 22.8 Å². The summed E-state index contributed by atoms with van der Waals surface area (Å²) in [5.41, 5.74) is 4.24. The number of alkyl halides is 3. The Morgan fingerprint density at radius 2 is 1.64 bits per heavy atom. The highest BCUT2D eigenvalue weighted by Gasteiger charge is 2.48. The third-order valence-corrected chi connectivity index (χ3v) is 5.76. The Bertz CT molecular complexity index is 1090. The van der Waals surface area contributed by atoms with Crippen molar-refractivity contribution in [1.29, 1.82) is 5.26 Å². The number of amides is 3. The first-order valence-corrected chi connectivity index (χ1v) is 9.72. The number of primary amides is 1. The number of hydrogen-bond donors (Lipinski definition) is 1. The van der Waals surface area contributed by atoms with Crippen molar-refractivity contribution in [2.45, 2.75) is 43.9 Å². The summed E-state index contributed by atoms with van der Waals surface area (Å²) in [5.74, 6) is -0.700. The van der Waals surface area contributed by atoms with Gasteiger partial charge >= 0.3 is 12.2 Å². The average molecular weight is 498 g/mol. The van der Waals surface area contributed by atoms with Gasteiger partial charge in [-0.15, -0.1) is 0 Å². The van der Waals surface area contributed by atoms with Gasteiger partial charge in [0.25, 0.3) is 5.91 Å². The Morgan fingerprint density at radius 1 is 1.06 bits per heavy atom. The van der Waals surface area contributed by atoms with Crippen molar-refractivity contribution in [3.8, 4) is 6.07 Å². The van der Waals surface area contributed by atoms with Gasteiger partial charge < -0.3 is 5.73 Å². The number of nitrogens with two attached hydrogens (primary N) is 1. The molecule has 176 valence electrons. The Hall–Kier alpha value is -2.91. The zero-order chi connectivity index (χ0) is 22.3. The molecular weight excluding hydrogens is 475 g/mol. The highest BCUT2D eigenvalue weighted by atomic mass is 32.1. The largest absolute Gasteiger partial charge is 0.417 e. The third-order valence-electron chi connectivity index (χ3n) is 5.76. The van der Waals surface area contributed by atoms with Crippen LogP contribution in [0.4, 0.5) is 29.3 Å². The quantitative estimate of drug-likeness (QED) is 0.691. The Kier molecular flexibility index (Phi) is 7.92. The standard InChI is InChI=1S/C21H18F3N5O2.2H2S/c22-21(23,24)15-9-13(6-5-12(15)10-25)28-17-3-1-2-4-18(17)29(20(28)31)14-7-8-16(19(26)30)27-11-14;;/h5-9,11,17-18H,1-4H2,(H2,26,30);2*1H2/t17-,18-;;/m0../s1. The fraction of sp³-hybridized carbons (Fsp3) is 0.333. The maximum absolute atomic E-state index is 13.5. The lowest BCUT2D eigenvalue weighted by Crippen LogP contribution is -2.40. The summed E-state index contributed by atoms with van der Waals surface area (Å²) in [4.78, 5) is 31.6. The SMILES string of the molecule is N#Cc1ccc(N2C(=O)N(c3ccc(C(N)=O)nc3)[C@H]3CCCC[C@@H]32)cc1C(F)(F)F.S.S. The number of carbonyl (C=O) groups is 2. The van der Waals surface area contributed by atoms with Gasteiger partial charge in [0.15, 0.2) is 0 Å². The molecule has 1 aromatic heterocycles. The van der Waals surface area contributed by atoms with E-state index in [1.54, 1.807) is 12.1 Å². The monoisotopic (exact) mass is 497 g/mol. The highest BCUT2D eigenvalue weighted by Crippen LogP contribution is 2.41. The molecule has 33 heavy (non-hydrogen) atoms. The smallest absolute Gasteiger partial charge is 0.364 e. The molecule has 2 aromatic rings. The number of fused-ring (bicyclic) bond motifs is 1.